The topological polar surface area (TPSA) is 6.25 Å². The number of halogens is 1. The van der Waals surface area contributed by atoms with E-state index in [1.807, 2.05) is 0 Å². The summed E-state index contributed by atoms with van der Waals surface area (Å²) < 4.78 is 2.51. The number of likely N-dealkylation sites (N-methyl/N-ethyl adjacent to an activating group) is 1. The molecule has 1 rings (SSSR count). The predicted octanol–water partition coefficient (Wildman–Crippen LogP) is 10.9. The zero-order valence-electron chi connectivity index (χ0n) is 31.3. The minimum Gasteiger partial charge on any atom is -1.00 e. The maximum absolute atomic E-state index is 2.51. The normalized spacial score (nSPS) is 12.6. The van der Waals surface area contributed by atoms with Gasteiger partial charge in [0.05, 0.1) is 13.1 Å². The van der Waals surface area contributed by atoms with Crippen molar-refractivity contribution in [3.05, 3.63) is 0 Å². The first kappa shape index (κ1) is 46.1. The van der Waals surface area contributed by atoms with Gasteiger partial charge < -0.3 is 17.0 Å². The molecular weight excluding hydrogens is 600 g/mol. The van der Waals surface area contributed by atoms with Crippen molar-refractivity contribution in [3.8, 4) is 0 Å². The van der Waals surface area contributed by atoms with E-state index in [0.717, 1.165) is 6.54 Å². The Morgan fingerprint density at radius 2 is 0.636 bits per heavy atom. The van der Waals surface area contributed by atoms with Crippen molar-refractivity contribution >= 4 is 6.34 Å². The summed E-state index contributed by atoms with van der Waals surface area (Å²) in [6.45, 7) is 14.0. The van der Waals surface area contributed by atoms with E-state index in [2.05, 4.69) is 43.5 Å². The highest BCUT2D eigenvalue weighted by molar-refractivity contribution is 5.50. The molecule has 0 bridgehead atoms. The Balaban J connectivity index is 0. The summed E-state index contributed by atoms with van der Waals surface area (Å²) in [6.07, 6.45) is 49.0. The molecule has 3 heteroatoms. The first-order chi connectivity index (χ1) is 21.3. The lowest BCUT2D eigenvalue weighted by molar-refractivity contribution is -0.514. The maximum Gasteiger partial charge on any atom is 0.234 e. The van der Waals surface area contributed by atoms with Crippen molar-refractivity contribution in [2.24, 2.45) is 0 Å². The standard InChI is InChI=1S/C24H49N2.C17H36.BrH/c1-3-5-6-7-8-9-10-11-12-13-14-15-16-17-18-19-20-21-26-23-22-25(4-2)24-26;1-3-5-7-9-11-13-15-17-16-14-12-10-8-6-4-2;/h24H,3-23H2,1-2H3;3-17H2,1-2H3;1H/q+1;;/p-1. The Morgan fingerprint density at radius 3 is 0.864 bits per heavy atom. The van der Waals surface area contributed by atoms with Crippen LogP contribution in [0.25, 0.3) is 0 Å². The van der Waals surface area contributed by atoms with Crippen LogP contribution in [-0.2, 0) is 0 Å². The van der Waals surface area contributed by atoms with E-state index in [1.165, 1.54) is 225 Å². The van der Waals surface area contributed by atoms with E-state index in [0.29, 0.717) is 0 Å². The molecule has 0 spiro atoms. The zero-order chi connectivity index (χ0) is 31.3. The van der Waals surface area contributed by atoms with Gasteiger partial charge in [0.15, 0.2) is 0 Å². The van der Waals surface area contributed by atoms with Crippen LogP contribution in [0.4, 0.5) is 0 Å². The summed E-state index contributed by atoms with van der Waals surface area (Å²) in [6, 6.07) is 0. The van der Waals surface area contributed by atoms with Crippen molar-refractivity contribution in [1.82, 2.24) is 4.90 Å². The third kappa shape index (κ3) is 36.4. The van der Waals surface area contributed by atoms with Gasteiger partial charge in [0, 0.05) is 0 Å². The Hall–Kier alpha value is -0.0500. The van der Waals surface area contributed by atoms with Gasteiger partial charge in [-0.2, -0.15) is 0 Å². The molecule has 0 aromatic rings. The Kier molecular flexibility index (Phi) is 42.9. The molecule has 266 valence electrons. The fourth-order valence-corrected chi connectivity index (χ4v) is 6.50. The number of nitrogens with zero attached hydrogens (tertiary/aromatic N) is 2. The molecule has 0 saturated carbocycles. The molecule has 0 radical (unpaired) electrons. The molecule has 0 aromatic carbocycles. The number of hydrogen-bond donors (Lipinski definition) is 0. The molecule has 0 fully saturated rings. The third-order valence-electron chi connectivity index (χ3n) is 9.66. The van der Waals surface area contributed by atoms with Gasteiger partial charge in [-0.15, -0.1) is 0 Å². The molecule has 1 heterocycles. The largest absolute Gasteiger partial charge is 1.00 e. The van der Waals surface area contributed by atoms with Crippen LogP contribution in [0.5, 0.6) is 0 Å². The number of hydrogen-bond acceptors (Lipinski definition) is 1. The van der Waals surface area contributed by atoms with Crippen LogP contribution in [0, 0.1) is 0 Å². The summed E-state index contributed by atoms with van der Waals surface area (Å²) in [5.41, 5.74) is 0. The summed E-state index contributed by atoms with van der Waals surface area (Å²) in [5, 5.41) is 0. The fraction of sp³-hybridized carbons (Fsp3) is 0.976. The van der Waals surface area contributed by atoms with Gasteiger partial charge in [-0.1, -0.05) is 213 Å². The van der Waals surface area contributed by atoms with Gasteiger partial charge in [0.2, 0.25) is 6.34 Å². The van der Waals surface area contributed by atoms with Gasteiger partial charge >= 0.3 is 0 Å². The molecule has 0 N–H and O–H groups in total. The van der Waals surface area contributed by atoms with Crippen LogP contribution in [-0.4, -0.2) is 42.0 Å². The lowest BCUT2D eigenvalue weighted by Crippen LogP contribution is -3.00. The van der Waals surface area contributed by atoms with E-state index in [4.69, 9.17) is 0 Å². The molecule has 0 unspecified atom stereocenters. The molecular formula is C41H85BrN2. The molecule has 1 aliphatic rings. The first-order valence-corrected chi connectivity index (χ1v) is 20.6. The lowest BCUT2D eigenvalue weighted by atomic mass is 10.0. The van der Waals surface area contributed by atoms with Crippen LogP contribution in [0.15, 0.2) is 0 Å². The minimum absolute atomic E-state index is 0. The average Bonchev–Trinajstić information content (AvgIpc) is 3.49. The van der Waals surface area contributed by atoms with Crippen molar-refractivity contribution in [2.75, 3.05) is 26.2 Å². The smallest absolute Gasteiger partial charge is 0.234 e. The van der Waals surface area contributed by atoms with Gasteiger partial charge in [-0.3, -0.25) is 9.48 Å². The summed E-state index contributed by atoms with van der Waals surface area (Å²) in [5.74, 6) is 0. The molecule has 0 aromatic heterocycles. The molecule has 2 nitrogen and oxygen atoms in total. The van der Waals surface area contributed by atoms with Gasteiger partial charge in [0.25, 0.3) is 0 Å². The third-order valence-corrected chi connectivity index (χ3v) is 9.66. The molecule has 0 amide bonds. The van der Waals surface area contributed by atoms with Gasteiger partial charge in [0.1, 0.15) is 13.1 Å². The van der Waals surface area contributed by atoms with Crippen molar-refractivity contribution < 1.29 is 21.6 Å². The van der Waals surface area contributed by atoms with Crippen molar-refractivity contribution in [2.45, 2.75) is 233 Å². The van der Waals surface area contributed by atoms with E-state index in [9.17, 15) is 0 Å². The second-order valence-electron chi connectivity index (χ2n) is 14.0. The highest BCUT2D eigenvalue weighted by Gasteiger charge is 2.15. The number of unbranched alkanes of at least 4 members (excludes halogenated alkanes) is 30. The van der Waals surface area contributed by atoms with Gasteiger partial charge in [-0.05, 0) is 19.8 Å². The second kappa shape index (κ2) is 41.0. The van der Waals surface area contributed by atoms with Crippen LogP contribution < -0.4 is 17.0 Å². The predicted molar refractivity (Wildman–Crippen MR) is 198 cm³/mol. The van der Waals surface area contributed by atoms with Crippen molar-refractivity contribution in [1.29, 1.82) is 0 Å². The minimum atomic E-state index is 0. The zero-order valence-corrected chi connectivity index (χ0v) is 32.9. The van der Waals surface area contributed by atoms with Crippen LogP contribution in [0.3, 0.4) is 0 Å². The summed E-state index contributed by atoms with van der Waals surface area (Å²) in [7, 11) is 0. The second-order valence-corrected chi connectivity index (χ2v) is 14.0. The van der Waals surface area contributed by atoms with Crippen LogP contribution >= 0.6 is 0 Å². The lowest BCUT2D eigenvalue weighted by Gasteiger charge is -2.04. The maximum atomic E-state index is 2.51. The highest BCUT2D eigenvalue weighted by atomic mass is 79.9. The van der Waals surface area contributed by atoms with E-state index >= 15 is 0 Å². The Bertz CT molecular complexity index is 521. The van der Waals surface area contributed by atoms with Crippen LogP contribution in [0.1, 0.15) is 233 Å². The van der Waals surface area contributed by atoms with E-state index in [1.54, 1.807) is 0 Å². The van der Waals surface area contributed by atoms with Crippen LogP contribution in [0.2, 0.25) is 0 Å². The average molecular weight is 686 g/mol. The quantitative estimate of drug-likeness (QED) is 0.0492. The molecule has 0 aliphatic carbocycles. The molecule has 0 atom stereocenters. The van der Waals surface area contributed by atoms with Crippen molar-refractivity contribution in [3.63, 3.8) is 0 Å². The van der Waals surface area contributed by atoms with E-state index < -0.39 is 0 Å². The SMILES string of the molecule is CCCCCCCCCCCCCCCCC.CCCCCCCCCCCCCCCCCCC[N+]1=CN(CC)CC1.[Br-]. The summed E-state index contributed by atoms with van der Waals surface area (Å²) >= 11 is 0. The van der Waals surface area contributed by atoms with Gasteiger partial charge in [-0.25, -0.2) is 0 Å². The summed E-state index contributed by atoms with van der Waals surface area (Å²) in [4.78, 5) is 2.42. The monoisotopic (exact) mass is 685 g/mol. The first-order valence-electron chi connectivity index (χ1n) is 20.6. The Morgan fingerprint density at radius 1 is 0.386 bits per heavy atom. The Labute approximate surface area is 291 Å². The molecule has 44 heavy (non-hydrogen) atoms. The number of rotatable bonds is 33. The van der Waals surface area contributed by atoms with E-state index in [-0.39, 0.29) is 17.0 Å². The molecule has 0 saturated heterocycles. The highest BCUT2D eigenvalue weighted by Crippen LogP contribution is 2.15. The molecule has 1 aliphatic heterocycles. The fourth-order valence-electron chi connectivity index (χ4n) is 6.50.